The standard InChI is InChI=1S/C18H14N4O4/c1-18(9-14(23)20-13-4-2-3-7-22(13)18)17(26)19-10-5-6-11-12(8-10)16(25)21-15(11)24/h2-8H,9H2,1H3,(H,19,26)(H,21,24,25). The predicted octanol–water partition coefficient (Wildman–Crippen LogP) is 0.982. The number of rotatable bonds is 2. The molecule has 1 aromatic rings. The van der Waals surface area contributed by atoms with Crippen molar-refractivity contribution in [3.05, 3.63) is 53.8 Å². The third-order valence-electron chi connectivity index (χ3n) is 4.59. The van der Waals surface area contributed by atoms with Crippen molar-refractivity contribution in [3.63, 3.8) is 0 Å². The molecule has 130 valence electrons. The van der Waals surface area contributed by atoms with Gasteiger partial charge in [0.05, 0.1) is 17.5 Å². The van der Waals surface area contributed by atoms with E-state index in [1.165, 1.54) is 12.1 Å². The zero-order valence-corrected chi connectivity index (χ0v) is 13.8. The fourth-order valence-corrected chi connectivity index (χ4v) is 3.19. The predicted molar refractivity (Wildman–Crippen MR) is 92.5 cm³/mol. The van der Waals surface area contributed by atoms with E-state index in [4.69, 9.17) is 0 Å². The minimum atomic E-state index is -1.16. The molecule has 1 unspecified atom stereocenters. The molecule has 2 N–H and O–H groups in total. The van der Waals surface area contributed by atoms with E-state index in [1.807, 2.05) is 0 Å². The highest BCUT2D eigenvalue weighted by molar-refractivity contribution is 6.22. The summed E-state index contributed by atoms with van der Waals surface area (Å²) in [5.74, 6) is -1.35. The van der Waals surface area contributed by atoms with Gasteiger partial charge in [0.2, 0.25) is 0 Å². The van der Waals surface area contributed by atoms with Crippen LogP contribution in [0.25, 0.3) is 0 Å². The number of hydrogen-bond donors (Lipinski definition) is 2. The summed E-state index contributed by atoms with van der Waals surface area (Å²) >= 11 is 0. The Labute approximate surface area is 148 Å². The molecule has 4 rings (SSSR count). The molecular formula is C18H14N4O4. The van der Waals surface area contributed by atoms with Gasteiger partial charge in [-0.05, 0) is 37.3 Å². The van der Waals surface area contributed by atoms with E-state index in [0.29, 0.717) is 11.5 Å². The molecule has 0 saturated carbocycles. The zero-order chi connectivity index (χ0) is 18.5. The minimum absolute atomic E-state index is 0.0789. The van der Waals surface area contributed by atoms with Gasteiger partial charge in [0.15, 0.2) is 0 Å². The van der Waals surface area contributed by atoms with Gasteiger partial charge in [0.1, 0.15) is 11.4 Å². The smallest absolute Gasteiger partial charge is 0.259 e. The number of imide groups is 1. The van der Waals surface area contributed by atoms with Crippen LogP contribution >= 0.6 is 0 Å². The van der Waals surface area contributed by atoms with Crippen molar-refractivity contribution in [2.45, 2.75) is 18.9 Å². The van der Waals surface area contributed by atoms with Crippen molar-refractivity contribution in [2.24, 2.45) is 4.99 Å². The Morgan fingerprint density at radius 3 is 2.77 bits per heavy atom. The average molecular weight is 350 g/mol. The maximum Gasteiger partial charge on any atom is 0.259 e. The summed E-state index contributed by atoms with van der Waals surface area (Å²) in [5, 5.41) is 4.93. The minimum Gasteiger partial charge on any atom is -0.324 e. The third kappa shape index (κ3) is 2.34. The van der Waals surface area contributed by atoms with Gasteiger partial charge in [-0.1, -0.05) is 6.08 Å². The van der Waals surface area contributed by atoms with Crippen molar-refractivity contribution < 1.29 is 19.2 Å². The Kier molecular flexibility index (Phi) is 3.36. The second-order valence-corrected chi connectivity index (χ2v) is 6.38. The summed E-state index contributed by atoms with van der Waals surface area (Å²) in [6, 6.07) is 4.47. The summed E-state index contributed by atoms with van der Waals surface area (Å²) in [7, 11) is 0. The number of amidine groups is 1. The van der Waals surface area contributed by atoms with E-state index in [1.54, 1.807) is 42.3 Å². The summed E-state index contributed by atoms with van der Waals surface area (Å²) in [6.07, 6.45) is 6.77. The third-order valence-corrected chi connectivity index (χ3v) is 4.59. The molecule has 8 nitrogen and oxygen atoms in total. The molecule has 8 heteroatoms. The van der Waals surface area contributed by atoms with Gasteiger partial charge >= 0.3 is 0 Å². The fraction of sp³-hybridized carbons (Fsp3) is 0.167. The van der Waals surface area contributed by atoms with E-state index < -0.39 is 23.3 Å². The number of amides is 4. The fourth-order valence-electron chi connectivity index (χ4n) is 3.19. The Bertz CT molecular complexity index is 975. The Hall–Kier alpha value is -3.55. The molecule has 1 atom stereocenters. The van der Waals surface area contributed by atoms with Crippen LogP contribution in [0.3, 0.4) is 0 Å². The van der Waals surface area contributed by atoms with E-state index >= 15 is 0 Å². The Morgan fingerprint density at radius 1 is 1.19 bits per heavy atom. The molecule has 3 aliphatic rings. The van der Waals surface area contributed by atoms with Crippen molar-refractivity contribution in [1.29, 1.82) is 0 Å². The van der Waals surface area contributed by atoms with Crippen LogP contribution < -0.4 is 10.6 Å². The van der Waals surface area contributed by atoms with Crippen LogP contribution in [0.15, 0.2) is 47.6 Å². The molecule has 3 aliphatic heterocycles. The zero-order valence-electron chi connectivity index (χ0n) is 13.8. The Balaban J connectivity index is 1.63. The van der Waals surface area contributed by atoms with E-state index in [0.717, 1.165) is 0 Å². The molecule has 0 radical (unpaired) electrons. The number of nitrogens with one attached hydrogen (secondary N) is 2. The highest BCUT2D eigenvalue weighted by atomic mass is 16.2. The number of fused-ring (bicyclic) bond motifs is 2. The summed E-state index contributed by atoms with van der Waals surface area (Å²) in [4.78, 5) is 53.9. The highest BCUT2D eigenvalue weighted by Gasteiger charge is 2.45. The van der Waals surface area contributed by atoms with Crippen LogP contribution in [-0.4, -0.2) is 39.9 Å². The van der Waals surface area contributed by atoms with Crippen LogP contribution in [0.1, 0.15) is 34.1 Å². The van der Waals surface area contributed by atoms with Crippen LogP contribution in [-0.2, 0) is 9.59 Å². The number of carbonyl (C=O) groups is 4. The number of aliphatic imine (C=N–C) groups is 1. The van der Waals surface area contributed by atoms with E-state index in [2.05, 4.69) is 15.6 Å². The summed E-state index contributed by atoms with van der Waals surface area (Å²) in [6.45, 7) is 1.65. The van der Waals surface area contributed by atoms with Gasteiger partial charge in [0, 0.05) is 11.9 Å². The highest BCUT2D eigenvalue weighted by Crippen LogP contribution is 2.30. The lowest BCUT2D eigenvalue weighted by atomic mass is 9.91. The molecule has 3 heterocycles. The Morgan fingerprint density at radius 2 is 1.96 bits per heavy atom. The van der Waals surface area contributed by atoms with Gasteiger partial charge in [0.25, 0.3) is 23.6 Å². The van der Waals surface area contributed by atoms with E-state index in [9.17, 15) is 19.2 Å². The molecule has 0 aromatic heterocycles. The second-order valence-electron chi connectivity index (χ2n) is 6.38. The molecular weight excluding hydrogens is 336 g/mol. The van der Waals surface area contributed by atoms with Gasteiger partial charge in [-0.2, -0.15) is 4.99 Å². The molecule has 0 fully saturated rings. The number of allylic oxidation sites excluding steroid dienone is 2. The number of nitrogens with zero attached hydrogens (tertiary/aromatic N) is 2. The van der Waals surface area contributed by atoms with Crippen LogP contribution in [0.2, 0.25) is 0 Å². The normalized spacial score (nSPS) is 23.3. The lowest BCUT2D eigenvalue weighted by Gasteiger charge is -2.41. The summed E-state index contributed by atoms with van der Waals surface area (Å²) < 4.78 is 0. The van der Waals surface area contributed by atoms with Crippen molar-refractivity contribution in [2.75, 3.05) is 5.32 Å². The first-order chi connectivity index (χ1) is 12.4. The van der Waals surface area contributed by atoms with Crippen LogP contribution in [0.4, 0.5) is 5.69 Å². The molecule has 26 heavy (non-hydrogen) atoms. The first-order valence-electron chi connectivity index (χ1n) is 7.95. The lowest BCUT2D eigenvalue weighted by molar-refractivity contribution is -0.130. The largest absolute Gasteiger partial charge is 0.324 e. The molecule has 0 saturated heterocycles. The van der Waals surface area contributed by atoms with Gasteiger partial charge in [-0.15, -0.1) is 0 Å². The van der Waals surface area contributed by atoms with Gasteiger partial charge in [-0.3, -0.25) is 24.5 Å². The lowest BCUT2D eigenvalue weighted by Crippen LogP contribution is -2.58. The molecule has 0 spiro atoms. The monoisotopic (exact) mass is 350 g/mol. The van der Waals surface area contributed by atoms with Crippen molar-refractivity contribution >= 4 is 35.2 Å². The molecule has 0 bridgehead atoms. The van der Waals surface area contributed by atoms with Crippen molar-refractivity contribution in [1.82, 2.24) is 10.2 Å². The van der Waals surface area contributed by atoms with Gasteiger partial charge in [-0.25, -0.2) is 0 Å². The first kappa shape index (κ1) is 15.9. The molecule has 4 amide bonds. The van der Waals surface area contributed by atoms with E-state index in [-0.39, 0.29) is 23.5 Å². The van der Waals surface area contributed by atoms with Crippen LogP contribution in [0, 0.1) is 0 Å². The first-order valence-corrected chi connectivity index (χ1v) is 7.95. The number of hydrogen-bond acceptors (Lipinski definition) is 5. The van der Waals surface area contributed by atoms with Crippen LogP contribution in [0.5, 0.6) is 0 Å². The SMILES string of the molecule is CC1(C(=O)Nc2ccc3c(c2)C(=O)NC3=O)CC(=O)N=C2C=CC=CN21. The molecule has 1 aromatic carbocycles. The van der Waals surface area contributed by atoms with Crippen molar-refractivity contribution in [3.8, 4) is 0 Å². The van der Waals surface area contributed by atoms with Gasteiger partial charge < -0.3 is 10.2 Å². The topological polar surface area (TPSA) is 108 Å². The molecule has 0 aliphatic carbocycles. The average Bonchev–Trinajstić information content (AvgIpc) is 2.88. The second kappa shape index (κ2) is 5.48. The maximum absolute atomic E-state index is 13.0. The number of anilines is 1. The quantitative estimate of drug-likeness (QED) is 0.773. The number of carbonyl (C=O) groups excluding carboxylic acids is 4. The summed E-state index contributed by atoms with van der Waals surface area (Å²) in [5.41, 5.74) is -0.314. The maximum atomic E-state index is 13.0. The number of benzene rings is 1.